The molecule has 42 heavy (non-hydrogen) atoms. The summed E-state index contributed by atoms with van der Waals surface area (Å²) in [6, 6.07) is 13.8. The molecule has 224 valence electrons. The molecule has 0 unspecified atom stereocenters. The van der Waals surface area contributed by atoms with Gasteiger partial charge >= 0.3 is 6.09 Å². The molecule has 12 heteroatoms. The zero-order chi connectivity index (χ0) is 30.4. The van der Waals surface area contributed by atoms with Crippen LogP contribution >= 0.6 is 27.5 Å². The highest BCUT2D eigenvalue weighted by atomic mass is 79.9. The maximum Gasteiger partial charge on any atom is 0.407 e. The molecule has 0 saturated heterocycles. The number of carbonyl (C=O) groups excluding carboxylic acids is 3. The number of aromatic amines is 1. The third-order valence-corrected chi connectivity index (χ3v) is 7.87. The van der Waals surface area contributed by atoms with Crippen molar-refractivity contribution in [1.29, 1.82) is 0 Å². The molecule has 0 spiro atoms. The minimum absolute atomic E-state index is 0.150. The van der Waals surface area contributed by atoms with Crippen molar-refractivity contribution in [1.82, 2.24) is 20.5 Å². The first-order chi connectivity index (χ1) is 19.9. The number of nitrogens with one attached hydrogen (secondary N) is 2. The third kappa shape index (κ3) is 8.54. The Balaban J connectivity index is 1.53. The minimum atomic E-state index is -0.899. The van der Waals surface area contributed by atoms with Crippen LogP contribution in [-0.2, 0) is 20.7 Å². The number of anilines is 1. The Labute approximate surface area is 258 Å². The van der Waals surface area contributed by atoms with Gasteiger partial charge in [0.25, 0.3) is 0 Å². The molecule has 1 heterocycles. The normalized spacial score (nSPS) is 17.7. The lowest BCUT2D eigenvalue weighted by atomic mass is 9.81. The summed E-state index contributed by atoms with van der Waals surface area (Å²) in [6.07, 6.45) is 2.60. The van der Waals surface area contributed by atoms with Crippen LogP contribution in [0.15, 0.2) is 53.0 Å². The number of H-pyrrole nitrogens is 1. The summed E-state index contributed by atoms with van der Waals surface area (Å²) in [4.78, 5) is 43.6. The largest absolute Gasteiger partial charge is 0.444 e. The van der Waals surface area contributed by atoms with E-state index in [1.165, 1.54) is 0 Å². The van der Waals surface area contributed by atoms with Crippen LogP contribution in [0.4, 0.5) is 10.5 Å². The molecule has 2 aromatic carbocycles. The van der Waals surface area contributed by atoms with E-state index in [0.717, 1.165) is 28.4 Å². The summed E-state index contributed by atoms with van der Waals surface area (Å²) in [5.41, 5.74) is 7.54. The van der Waals surface area contributed by atoms with E-state index in [0.29, 0.717) is 30.9 Å². The Bertz CT molecular complexity index is 1400. The number of benzene rings is 2. The van der Waals surface area contributed by atoms with Crippen molar-refractivity contribution < 1.29 is 19.1 Å². The Morgan fingerprint density at radius 1 is 1.12 bits per heavy atom. The second-order valence-corrected chi connectivity index (χ2v) is 12.8. The first-order valence-corrected chi connectivity index (χ1v) is 15.1. The molecule has 4 rings (SSSR count). The molecular formula is C30H36BrClN6O4. The van der Waals surface area contributed by atoms with E-state index in [9.17, 15) is 14.4 Å². The van der Waals surface area contributed by atoms with Gasteiger partial charge in [-0.2, -0.15) is 0 Å². The van der Waals surface area contributed by atoms with E-state index in [-0.39, 0.29) is 29.4 Å². The van der Waals surface area contributed by atoms with Crippen molar-refractivity contribution in [2.75, 3.05) is 11.4 Å². The molecular weight excluding hydrogens is 624 g/mol. The molecule has 0 aliphatic heterocycles. The van der Waals surface area contributed by atoms with Gasteiger partial charge in [0.15, 0.2) is 5.82 Å². The average molecular weight is 660 g/mol. The fraction of sp³-hybridized carbons (Fsp3) is 0.433. The van der Waals surface area contributed by atoms with Gasteiger partial charge in [-0.3, -0.25) is 14.5 Å². The quantitative estimate of drug-likeness (QED) is 0.271. The fourth-order valence-electron chi connectivity index (χ4n) is 5.17. The highest BCUT2D eigenvalue weighted by molar-refractivity contribution is 9.10. The van der Waals surface area contributed by atoms with E-state index in [1.54, 1.807) is 29.2 Å². The summed E-state index contributed by atoms with van der Waals surface area (Å²) in [6.45, 7) is 5.95. The maximum atomic E-state index is 14.2. The number of amides is 3. The lowest BCUT2D eigenvalue weighted by Crippen LogP contribution is -2.52. The van der Waals surface area contributed by atoms with E-state index in [2.05, 4.69) is 36.4 Å². The number of nitrogens with two attached hydrogens (primary N) is 1. The molecule has 3 amide bonds. The molecule has 0 radical (unpaired) electrons. The number of carbonyl (C=O) groups is 3. The Hall–Kier alpha value is -3.44. The van der Waals surface area contributed by atoms with E-state index in [1.807, 2.05) is 45.0 Å². The van der Waals surface area contributed by atoms with Crippen LogP contribution in [0.2, 0.25) is 5.28 Å². The third-order valence-electron chi connectivity index (χ3n) is 7.20. The first kappa shape index (κ1) is 31.5. The standard InChI is InChI=1S/C30H36BrClN6O4/c1-30(2,3)42-29(41)34-17-18-7-9-21(10-8-18)27(40)38(24(25(33)39)16-19-5-4-6-22(31)15-19)23-13-11-20(12-14-23)26-35-28(32)37-36-26/h4-6,11-15,18,21,24H,7-10,16-17H2,1-3H3,(H2,33,39)(H,34,41)(H,35,36,37)/t18-,21-,24-/m0/s1. The Kier molecular flexibility index (Phi) is 10.3. The number of alkyl carbamates (subject to hydrolysis) is 1. The lowest BCUT2D eigenvalue weighted by molar-refractivity contribution is -0.127. The maximum absolute atomic E-state index is 14.2. The number of rotatable bonds is 9. The second kappa shape index (κ2) is 13.7. The van der Waals surface area contributed by atoms with Gasteiger partial charge in [0.05, 0.1) is 0 Å². The minimum Gasteiger partial charge on any atom is -0.444 e. The number of nitrogens with zero attached hydrogens (tertiary/aromatic N) is 3. The predicted molar refractivity (Wildman–Crippen MR) is 165 cm³/mol. The van der Waals surface area contributed by atoms with Gasteiger partial charge in [-0.1, -0.05) is 28.1 Å². The number of primary amides is 1. The molecule has 1 saturated carbocycles. The number of hydrogen-bond donors (Lipinski definition) is 3. The molecule has 1 fully saturated rings. The Morgan fingerprint density at radius 3 is 2.38 bits per heavy atom. The van der Waals surface area contributed by atoms with Gasteiger partial charge < -0.3 is 20.8 Å². The second-order valence-electron chi connectivity index (χ2n) is 11.6. The van der Waals surface area contributed by atoms with Crippen molar-refractivity contribution >= 4 is 51.1 Å². The molecule has 4 N–H and O–H groups in total. The van der Waals surface area contributed by atoms with Crippen LogP contribution in [0.1, 0.15) is 52.0 Å². The monoisotopic (exact) mass is 658 g/mol. The van der Waals surface area contributed by atoms with Crippen molar-refractivity contribution in [3.8, 4) is 11.4 Å². The lowest BCUT2D eigenvalue weighted by Gasteiger charge is -2.36. The van der Waals surface area contributed by atoms with Gasteiger partial charge in [0.2, 0.25) is 17.1 Å². The van der Waals surface area contributed by atoms with Crippen molar-refractivity contribution in [2.24, 2.45) is 17.6 Å². The molecule has 1 aliphatic carbocycles. The SMILES string of the molecule is CC(C)(C)OC(=O)NC[C@H]1CC[C@H](C(=O)N(c2ccc(-c3nnc(Cl)[nH]3)cc2)[C@@H](Cc2cccc(Br)c2)C(N)=O)CC1. The Morgan fingerprint density at radius 2 is 1.81 bits per heavy atom. The van der Waals surface area contributed by atoms with Crippen molar-refractivity contribution in [2.45, 2.75) is 64.5 Å². The van der Waals surface area contributed by atoms with E-state index >= 15 is 0 Å². The number of ether oxygens (including phenoxy) is 1. The van der Waals surface area contributed by atoms with Crippen LogP contribution < -0.4 is 16.0 Å². The fourth-order valence-corrected chi connectivity index (χ4v) is 5.74. The number of halogens is 2. The smallest absolute Gasteiger partial charge is 0.407 e. The highest BCUT2D eigenvalue weighted by Crippen LogP contribution is 2.33. The van der Waals surface area contributed by atoms with Gasteiger partial charge in [-0.05, 0) is 106 Å². The van der Waals surface area contributed by atoms with Gasteiger partial charge in [0.1, 0.15) is 11.6 Å². The summed E-state index contributed by atoms with van der Waals surface area (Å²) in [5, 5.41) is 10.8. The van der Waals surface area contributed by atoms with E-state index < -0.39 is 23.6 Å². The van der Waals surface area contributed by atoms with Crippen LogP contribution in [0.5, 0.6) is 0 Å². The van der Waals surface area contributed by atoms with Crippen LogP contribution in [0, 0.1) is 11.8 Å². The van der Waals surface area contributed by atoms with Gasteiger partial charge in [-0.25, -0.2) is 4.79 Å². The predicted octanol–water partition coefficient (Wildman–Crippen LogP) is 5.65. The van der Waals surface area contributed by atoms with Crippen molar-refractivity contribution in [3.63, 3.8) is 0 Å². The summed E-state index contributed by atoms with van der Waals surface area (Å²) < 4.78 is 6.21. The topological polar surface area (TPSA) is 143 Å². The van der Waals surface area contributed by atoms with Crippen LogP contribution in [0.3, 0.4) is 0 Å². The summed E-state index contributed by atoms with van der Waals surface area (Å²) in [5.74, 6) is -0.313. The van der Waals surface area contributed by atoms with E-state index in [4.69, 9.17) is 22.1 Å². The van der Waals surface area contributed by atoms with Gasteiger partial charge in [-0.15, -0.1) is 10.2 Å². The van der Waals surface area contributed by atoms with Crippen LogP contribution in [-0.4, -0.2) is 51.3 Å². The zero-order valence-electron chi connectivity index (χ0n) is 23.9. The number of aromatic nitrogens is 3. The van der Waals surface area contributed by atoms with Crippen LogP contribution in [0.25, 0.3) is 11.4 Å². The highest BCUT2D eigenvalue weighted by Gasteiger charge is 2.36. The molecule has 1 aliphatic rings. The molecule has 0 bridgehead atoms. The zero-order valence-corrected chi connectivity index (χ0v) is 26.2. The molecule has 3 aromatic rings. The first-order valence-electron chi connectivity index (χ1n) is 13.9. The molecule has 1 aromatic heterocycles. The molecule has 1 atom stereocenters. The van der Waals surface area contributed by atoms with Crippen molar-refractivity contribution in [3.05, 3.63) is 63.9 Å². The molecule has 10 nitrogen and oxygen atoms in total. The van der Waals surface area contributed by atoms with Gasteiger partial charge in [0, 0.05) is 34.6 Å². The average Bonchev–Trinajstić information content (AvgIpc) is 3.37. The summed E-state index contributed by atoms with van der Waals surface area (Å²) in [7, 11) is 0. The number of hydrogen-bond acceptors (Lipinski definition) is 6. The summed E-state index contributed by atoms with van der Waals surface area (Å²) >= 11 is 9.37.